The minimum Gasteiger partial charge on any atom is -0.444 e. The first-order valence-electron chi connectivity index (χ1n) is 9.56. The lowest BCUT2D eigenvalue weighted by Gasteiger charge is -2.29. The van der Waals surface area contributed by atoms with Crippen molar-refractivity contribution < 1.29 is 14.3 Å². The number of likely N-dealkylation sites (tertiary alicyclic amines) is 1. The second kappa shape index (κ2) is 6.51. The maximum Gasteiger partial charge on any atom is 0.410 e. The number of carbonyl (C=O) groups excluding carboxylic acids is 2. The molecule has 0 aromatic carbocycles. The predicted octanol–water partition coefficient (Wildman–Crippen LogP) is 3.31. The fourth-order valence-corrected chi connectivity index (χ4v) is 4.86. The van der Waals surface area contributed by atoms with Crippen LogP contribution in [-0.4, -0.2) is 52.0 Å². The van der Waals surface area contributed by atoms with Gasteiger partial charge in [0.1, 0.15) is 5.60 Å². The Kier molecular flexibility index (Phi) is 4.45. The van der Waals surface area contributed by atoms with Crippen molar-refractivity contribution in [2.45, 2.75) is 58.6 Å². The van der Waals surface area contributed by atoms with Crippen LogP contribution in [-0.2, 0) is 17.7 Å². The van der Waals surface area contributed by atoms with Crippen LogP contribution < -0.4 is 0 Å². The van der Waals surface area contributed by atoms with Crippen molar-refractivity contribution in [1.82, 2.24) is 14.8 Å². The minimum atomic E-state index is -0.506. The van der Waals surface area contributed by atoms with Crippen molar-refractivity contribution in [2.75, 3.05) is 19.6 Å². The van der Waals surface area contributed by atoms with Gasteiger partial charge in [-0.1, -0.05) is 0 Å². The zero-order valence-corrected chi connectivity index (χ0v) is 16.6. The van der Waals surface area contributed by atoms with Crippen LogP contribution in [0.5, 0.6) is 0 Å². The lowest BCUT2D eigenvalue weighted by atomic mass is 10.0. The fourth-order valence-electron chi connectivity index (χ4n) is 3.83. The van der Waals surface area contributed by atoms with Crippen molar-refractivity contribution in [2.24, 2.45) is 11.8 Å². The van der Waals surface area contributed by atoms with Crippen LogP contribution in [0.25, 0.3) is 0 Å². The number of hydrogen-bond acceptors (Lipinski definition) is 5. The van der Waals surface area contributed by atoms with Crippen molar-refractivity contribution >= 4 is 23.3 Å². The van der Waals surface area contributed by atoms with E-state index < -0.39 is 5.60 Å². The third kappa shape index (κ3) is 3.72. The maximum atomic E-state index is 12.8. The number of aromatic nitrogens is 1. The average Bonchev–Trinajstić information content (AvgIpc) is 3.15. The summed E-state index contributed by atoms with van der Waals surface area (Å²) in [4.78, 5) is 34.5. The van der Waals surface area contributed by atoms with Crippen molar-refractivity contribution in [3.05, 3.63) is 15.6 Å². The van der Waals surface area contributed by atoms with Gasteiger partial charge in [-0.25, -0.2) is 9.78 Å². The van der Waals surface area contributed by atoms with Gasteiger partial charge in [0.2, 0.25) is 0 Å². The first-order valence-corrected chi connectivity index (χ1v) is 10.4. The number of carbonyl (C=O) groups is 2. The summed E-state index contributed by atoms with van der Waals surface area (Å²) in [6, 6.07) is 0. The average molecular weight is 378 g/mol. The van der Waals surface area contributed by atoms with Gasteiger partial charge in [-0.3, -0.25) is 4.79 Å². The molecule has 1 saturated heterocycles. The summed E-state index contributed by atoms with van der Waals surface area (Å²) in [5.74, 6) is 1.60. The van der Waals surface area contributed by atoms with E-state index in [1.165, 1.54) is 24.2 Å². The zero-order valence-electron chi connectivity index (χ0n) is 15.8. The van der Waals surface area contributed by atoms with Crippen molar-refractivity contribution in [3.8, 4) is 0 Å². The summed E-state index contributed by atoms with van der Waals surface area (Å²) < 4.78 is 5.46. The van der Waals surface area contributed by atoms with E-state index in [0.29, 0.717) is 24.0 Å². The maximum absolute atomic E-state index is 12.8. The molecule has 1 unspecified atom stereocenters. The first kappa shape index (κ1) is 17.8. The molecule has 1 aromatic heterocycles. The molecule has 3 aliphatic rings. The molecule has 0 spiro atoms. The van der Waals surface area contributed by atoms with E-state index in [4.69, 9.17) is 4.74 Å². The van der Waals surface area contributed by atoms with Crippen molar-refractivity contribution in [1.29, 1.82) is 0 Å². The summed E-state index contributed by atoms with van der Waals surface area (Å²) in [6.07, 6.45) is 4.23. The molecule has 142 valence electrons. The second-order valence-corrected chi connectivity index (χ2v) is 9.76. The Balaban J connectivity index is 1.41. The van der Waals surface area contributed by atoms with E-state index in [2.05, 4.69) is 4.98 Å². The lowest BCUT2D eigenvalue weighted by Crippen LogP contribution is -2.39. The van der Waals surface area contributed by atoms with Gasteiger partial charge in [0.05, 0.1) is 12.2 Å². The SMILES string of the molecule is CC(C)(C)OC(=O)N1CCc2sc(C(=O)N3CCC(C4CC4)C3)nc2C1. The quantitative estimate of drug-likeness (QED) is 0.793. The van der Waals surface area contributed by atoms with E-state index in [-0.39, 0.29) is 12.0 Å². The Morgan fingerprint density at radius 3 is 2.58 bits per heavy atom. The van der Waals surface area contributed by atoms with Crippen LogP contribution in [0.1, 0.15) is 60.4 Å². The summed E-state index contributed by atoms with van der Waals surface area (Å²) in [7, 11) is 0. The monoisotopic (exact) mass is 377 g/mol. The number of hydrogen-bond donors (Lipinski definition) is 0. The molecule has 1 saturated carbocycles. The number of amides is 2. The molecule has 2 amide bonds. The largest absolute Gasteiger partial charge is 0.444 e. The summed E-state index contributed by atoms with van der Waals surface area (Å²) in [5.41, 5.74) is 0.349. The summed E-state index contributed by atoms with van der Waals surface area (Å²) >= 11 is 1.50. The van der Waals surface area contributed by atoms with Crippen LogP contribution >= 0.6 is 11.3 Å². The van der Waals surface area contributed by atoms with Gasteiger partial charge in [-0.2, -0.15) is 0 Å². The molecule has 7 heteroatoms. The molecule has 3 heterocycles. The van der Waals surface area contributed by atoms with Gasteiger partial charge in [0.25, 0.3) is 5.91 Å². The standard InChI is InChI=1S/C19H27N3O3S/c1-19(2,3)25-18(24)22-9-7-15-14(11-22)20-16(26-15)17(23)21-8-6-13(10-21)12-4-5-12/h12-13H,4-11H2,1-3H3. The number of ether oxygens (including phenoxy) is 1. The molecule has 0 N–H and O–H groups in total. The molecule has 1 aromatic rings. The molecule has 26 heavy (non-hydrogen) atoms. The van der Waals surface area contributed by atoms with Crippen LogP contribution in [0, 0.1) is 11.8 Å². The summed E-state index contributed by atoms with van der Waals surface area (Å²) in [6.45, 7) is 8.39. The summed E-state index contributed by atoms with van der Waals surface area (Å²) in [5, 5.41) is 0.581. The van der Waals surface area contributed by atoms with Gasteiger partial charge in [-0.15, -0.1) is 11.3 Å². The Hall–Kier alpha value is -1.63. The third-order valence-electron chi connectivity index (χ3n) is 5.36. The van der Waals surface area contributed by atoms with Crippen molar-refractivity contribution in [3.63, 3.8) is 0 Å². The molecule has 0 bridgehead atoms. The van der Waals surface area contributed by atoms with Gasteiger partial charge in [0, 0.05) is 30.9 Å². The Morgan fingerprint density at radius 2 is 1.88 bits per heavy atom. The normalized spacial score (nSPS) is 23.1. The van der Waals surface area contributed by atoms with Crippen LogP contribution in [0.3, 0.4) is 0 Å². The van der Waals surface area contributed by atoms with Crippen LogP contribution in [0.15, 0.2) is 0 Å². The fraction of sp³-hybridized carbons (Fsp3) is 0.737. The smallest absolute Gasteiger partial charge is 0.410 e. The van der Waals surface area contributed by atoms with E-state index in [1.807, 2.05) is 25.7 Å². The number of rotatable bonds is 2. The lowest BCUT2D eigenvalue weighted by molar-refractivity contribution is 0.0222. The highest BCUT2D eigenvalue weighted by Crippen LogP contribution is 2.41. The van der Waals surface area contributed by atoms with Crippen LogP contribution in [0.2, 0.25) is 0 Å². The molecular formula is C19H27N3O3S. The number of fused-ring (bicyclic) bond motifs is 1. The molecule has 1 aliphatic carbocycles. The van der Waals surface area contributed by atoms with E-state index in [9.17, 15) is 9.59 Å². The second-order valence-electron chi connectivity index (χ2n) is 8.68. The molecule has 2 aliphatic heterocycles. The van der Waals surface area contributed by atoms with Gasteiger partial charge < -0.3 is 14.5 Å². The topological polar surface area (TPSA) is 62.7 Å². The highest BCUT2D eigenvalue weighted by Gasteiger charge is 2.38. The van der Waals surface area contributed by atoms with E-state index in [0.717, 1.165) is 42.4 Å². The molecule has 2 fully saturated rings. The zero-order chi connectivity index (χ0) is 18.5. The van der Waals surface area contributed by atoms with E-state index >= 15 is 0 Å². The highest BCUT2D eigenvalue weighted by molar-refractivity contribution is 7.13. The number of nitrogens with zero attached hydrogens (tertiary/aromatic N) is 3. The minimum absolute atomic E-state index is 0.0661. The number of thiazole rings is 1. The molecule has 1 atom stereocenters. The molecular weight excluding hydrogens is 350 g/mol. The predicted molar refractivity (Wildman–Crippen MR) is 99.2 cm³/mol. The molecule has 6 nitrogen and oxygen atoms in total. The van der Waals surface area contributed by atoms with Crippen LogP contribution in [0.4, 0.5) is 4.79 Å². The molecule has 0 radical (unpaired) electrons. The first-order chi connectivity index (χ1) is 12.3. The molecule has 4 rings (SSSR count). The Bertz CT molecular complexity index is 720. The van der Waals surface area contributed by atoms with E-state index in [1.54, 1.807) is 4.90 Å². The van der Waals surface area contributed by atoms with Gasteiger partial charge in [0.15, 0.2) is 5.01 Å². The van der Waals surface area contributed by atoms with Gasteiger partial charge in [-0.05, 0) is 51.9 Å². The van der Waals surface area contributed by atoms with Gasteiger partial charge >= 0.3 is 6.09 Å². The highest BCUT2D eigenvalue weighted by atomic mass is 32.1. The Morgan fingerprint density at radius 1 is 1.12 bits per heavy atom. The third-order valence-corrected chi connectivity index (χ3v) is 6.51. The Labute approximate surface area is 158 Å².